The van der Waals surface area contributed by atoms with E-state index in [-0.39, 0.29) is 44.6 Å². The van der Waals surface area contributed by atoms with Crippen molar-refractivity contribution in [3.05, 3.63) is 71.8 Å². The summed E-state index contributed by atoms with van der Waals surface area (Å²) in [5, 5.41) is 22.3. The van der Waals surface area contributed by atoms with Crippen molar-refractivity contribution >= 4 is 16.9 Å². The fourth-order valence-electron chi connectivity index (χ4n) is 5.16. The van der Waals surface area contributed by atoms with E-state index in [1.165, 1.54) is 7.11 Å². The Balaban J connectivity index is 1.65. The van der Waals surface area contributed by atoms with Gasteiger partial charge in [0.1, 0.15) is 23.2 Å². The Hall–Kier alpha value is -3.37. The number of fused-ring (bicyclic) bond motifs is 1. The summed E-state index contributed by atoms with van der Waals surface area (Å²) in [5.41, 5.74) is 1.14. The van der Waals surface area contributed by atoms with Gasteiger partial charge in [-0.1, -0.05) is 36.4 Å². The Morgan fingerprint density at radius 3 is 2.32 bits per heavy atom. The number of piperidine rings is 1. The first-order chi connectivity index (χ1) is 19.6. The molecule has 2 N–H and O–H groups in total. The predicted molar refractivity (Wildman–Crippen MR) is 155 cm³/mol. The molecule has 0 spiro atoms. The smallest absolute Gasteiger partial charge is 0.410 e. The number of carbonyl (C=O) groups excluding carboxylic acids is 1. The Labute approximate surface area is 241 Å². The number of rotatable bonds is 10. The Morgan fingerprint density at radius 2 is 1.66 bits per heavy atom. The van der Waals surface area contributed by atoms with Gasteiger partial charge in [0.25, 0.3) is 0 Å². The van der Waals surface area contributed by atoms with E-state index < -0.39 is 30.0 Å². The highest BCUT2D eigenvalue weighted by Gasteiger charge is 2.42. The van der Waals surface area contributed by atoms with E-state index in [4.69, 9.17) is 23.7 Å². The second-order valence-corrected chi connectivity index (χ2v) is 11.4. The zero-order valence-corrected chi connectivity index (χ0v) is 24.4. The lowest BCUT2D eigenvalue weighted by atomic mass is 9.84. The van der Waals surface area contributed by atoms with Crippen LogP contribution in [0, 0.1) is 0 Å². The van der Waals surface area contributed by atoms with Gasteiger partial charge in [0, 0.05) is 18.4 Å². The normalized spacial score (nSPS) is 20.1. The first-order valence-electron chi connectivity index (χ1n) is 13.8. The first-order valence-corrected chi connectivity index (χ1v) is 13.8. The molecule has 1 saturated heterocycles. The minimum Gasteiger partial charge on any atom is -0.508 e. The van der Waals surface area contributed by atoms with Crippen molar-refractivity contribution in [1.29, 1.82) is 0 Å². The number of aliphatic hydroxyl groups is 1. The number of phenols is 1. The largest absolute Gasteiger partial charge is 0.508 e. The third-order valence-electron chi connectivity index (χ3n) is 6.96. The zero-order chi connectivity index (χ0) is 29.6. The van der Waals surface area contributed by atoms with Crippen LogP contribution in [0.2, 0.25) is 0 Å². The molecule has 1 amide bonds. The molecule has 4 atom stereocenters. The fourth-order valence-corrected chi connectivity index (χ4v) is 5.16. The predicted octanol–water partition coefficient (Wildman–Crippen LogP) is 4.87. The molecule has 9 heteroatoms. The van der Waals surface area contributed by atoms with Crippen molar-refractivity contribution in [3.63, 3.8) is 0 Å². The molecule has 4 rings (SSSR count). The standard InChI is InChI=1S/C32H41NO8/c1-32(2,3)41-31(36)33-16-28(39-18-21-14-23-8-6-7-9-26(23)27(15-21)38-5)30(22-10-12-24(34)13-11-22)29(17-33)40-20-25(35)19-37-4/h6-15,25,28-30,34-35H,16-20H2,1-5H3/t25-,28-,29-,30+/m0/s1. The minimum atomic E-state index is -0.832. The average Bonchev–Trinajstić information content (AvgIpc) is 2.94. The maximum Gasteiger partial charge on any atom is 0.410 e. The number of methoxy groups -OCH3 is 2. The molecule has 0 aliphatic carbocycles. The van der Waals surface area contributed by atoms with Gasteiger partial charge in [-0.2, -0.15) is 0 Å². The van der Waals surface area contributed by atoms with Crippen LogP contribution in [0.1, 0.15) is 37.8 Å². The van der Waals surface area contributed by atoms with Crippen molar-refractivity contribution in [2.45, 2.75) is 57.2 Å². The maximum atomic E-state index is 13.2. The lowest BCUT2D eigenvalue weighted by Gasteiger charge is -2.44. The number of phenolic OH excluding ortho intramolecular Hbond substituents is 1. The van der Waals surface area contributed by atoms with Crippen molar-refractivity contribution in [3.8, 4) is 11.5 Å². The van der Waals surface area contributed by atoms with E-state index in [0.717, 1.165) is 27.6 Å². The lowest BCUT2D eigenvalue weighted by molar-refractivity contribution is -0.112. The molecule has 0 saturated carbocycles. The number of nitrogens with zero attached hydrogens (tertiary/aromatic N) is 1. The molecule has 41 heavy (non-hydrogen) atoms. The molecule has 0 unspecified atom stereocenters. The van der Waals surface area contributed by atoms with Crippen LogP contribution in [-0.2, 0) is 25.6 Å². The second-order valence-electron chi connectivity index (χ2n) is 11.4. The van der Waals surface area contributed by atoms with Crippen molar-refractivity contribution < 1.29 is 38.7 Å². The number of hydrogen-bond acceptors (Lipinski definition) is 8. The highest BCUT2D eigenvalue weighted by atomic mass is 16.6. The zero-order valence-electron chi connectivity index (χ0n) is 24.4. The molecule has 0 aromatic heterocycles. The summed E-state index contributed by atoms with van der Waals surface area (Å²) < 4.78 is 29.2. The van der Waals surface area contributed by atoms with E-state index in [9.17, 15) is 15.0 Å². The molecule has 9 nitrogen and oxygen atoms in total. The Bertz CT molecular complexity index is 1290. The van der Waals surface area contributed by atoms with Gasteiger partial charge >= 0.3 is 6.09 Å². The summed E-state index contributed by atoms with van der Waals surface area (Å²) in [4.78, 5) is 14.8. The summed E-state index contributed by atoms with van der Waals surface area (Å²) in [6, 6.07) is 18.9. The van der Waals surface area contributed by atoms with Crippen LogP contribution < -0.4 is 4.74 Å². The fraction of sp³-hybridized carbons (Fsp3) is 0.469. The van der Waals surface area contributed by atoms with Crippen molar-refractivity contribution in [2.24, 2.45) is 0 Å². The van der Waals surface area contributed by atoms with Crippen LogP contribution in [0.4, 0.5) is 4.79 Å². The van der Waals surface area contributed by atoms with E-state index in [1.807, 2.05) is 63.2 Å². The van der Waals surface area contributed by atoms with E-state index in [0.29, 0.717) is 0 Å². The Morgan fingerprint density at radius 1 is 0.976 bits per heavy atom. The van der Waals surface area contributed by atoms with Crippen molar-refractivity contribution in [1.82, 2.24) is 4.90 Å². The second kappa shape index (κ2) is 13.5. The molecular weight excluding hydrogens is 526 g/mol. The van der Waals surface area contributed by atoms with Crippen molar-refractivity contribution in [2.75, 3.05) is 40.5 Å². The monoisotopic (exact) mass is 567 g/mol. The van der Waals surface area contributed by atoms with Crippen LogP contribution in [0.3, 0.4) is 0 Å². The number of hydrogen-bond donors (Lipinski definition) is 2. The number of ether oxygens (including phenoxy) is 5. The quantitative estimate of drug-likeness (QED) is 0.358. The van der Waals surface area contributed by atoms with Gasteiger partial charge in [-0.15, -0.1) is 0 Å². The van der Waals surface area contributed by atoms with Gasteiger partial charge in [0.15, 0.2) is 0 Å². The molecule has 1 aliphatic heterocycles. The first kappa shape index (κ1) is 30.6. The van der Waals surface area contributed by atoms with Gasteiger partial charge in [-0.3, -0.25) is 0 Å². The molecule has 1 aliphatic rings. The number of amides is 1. The molecule has 1 heterocycles. The van der Waals surface area contributed by atoms with Crippen LogP contribution in [0.5, 0.6) is 11.5 Å². The van der Waals surface area contributed by atoms with E-state index >= 15 is 0 Å². The van der Waals surface area contributed by atoms with Crippen LogP contribution in [-0.4, -0.2) is 85.6 Å². The molecule has 3 aromatic rings. The summed E-state index contributed by atoms with van der Waals surface area (Å²) >= 11 is 0. The van der Waals surface area contributed by atoms with Gasteiger partial charge in [-0.05, 0) is 61.5 Å². The summed E-state index contributed by atoms with van der Waals surface area (Å²) in [6.45, 7) is 6.38. The number of benzene rings is 3. The molecule has 3 aromatic carbocycles. The summed E-state index contributed by atoms with van der Waals surface area (Å²) in [5.74, 6) is 0.601. The number of carbonyl (C=O) groups is 1. The topological polar surface area (TPSA) is 107 Å². The van der Waals surface area contributed by atoms with Gasteiger partial charge in [-0.25, -0.2) is 4.79 Å². The number of likely N-dealkylation sites (tertiary alicyclic amines) is 1. The van der Waals surface area contributed by atoms with Gasteiger partial charge < -0.3 is 38.8 Å². The van der Waals surface area contributed by atoms with Gasteiger partial charge in [0.2, 0.25) is 0 Å². The van der Waals surface area contributed by atoms with Crippen LogP contribution in [0.15, 0.2) is 60.7 Å². The molecule has 1 fully saturated rings. The highest BCUT2D eigenvalue weighted by Crippen LogP contribution is 2.35. The lowest BCUT2D eigenvalue weighted by Crippen LogP contribution is -2.55. The third-order valence-corrected chi connectivity index (χ3v) is 6.96. The SMILES string of the molecule is COC[C@H](O)CO[C@H]1CN(C(=O)OC(C)(C)C)C[C@H](OCc2cc(OC)c3ccccc3c2)[C@H]1c1ccc(O)cc1. The number of aliphatic hydroxyl groups excluding tert-OH is 1. The van der Waals surface area contributed by atoms with Gasteiger partial charge in [0.05, 0.1) is 52.2 Å². The van der Waals surface area contributed by atoms with E-state index in [2.05, 4.69) is 6.07 Å². The molecule has 0 radical (unpaired) electrons. The number of aromatic hydroxyl groups is 1. The molecular formula is C32H41NO8. The summed E-state index contributed by atoms with van der Waals surface area (Å²) in [6.07, 6.45) is -2.30. The molecule has 222 valence electrons. The highest BCUT2D eigenvalue weighted by molar-refractivity contribution is 5.89. The van der Waals surface area contributed by atoms with Crippen LogP contribution in [0.25, 0.3) is 10.8 Å². The minimum absolute atomic E-state index is 0.0177. The Kier molecular flexibility index (Phi) is 10.1. The molecule has 0 bridgehead atoms. The third kappa shape index (κ3) is 8.10. The summed E-state index contributed by atoms with van der Waals surface area (Å²) in [7, 11) is 3.16. The average molecular weight is 568 g/mol. The van der Waals surface area contributed by atoms with E-state index in [1.54, 1.807) is 24.1 Å². The maximum absolute atomic E-state index is 13.2. The van der Waals surface area contributed by atoms with Crippen LogP contribution >= 0.6 is 0 Å².